The van der Waals surface area contributed by atoms with E-state index in [2.05, 4.69) is 25.7 Å². The van der Waals surface area contributed by atoms with Crippen LogP contribution in [0.25, 0.3) is 0 Å². The van der Waals surface area contributed by atoms with Gasteiger partial charge in [0.2, 0.25) is 5.91 Å². The van der Waals surface area contributed by atoms with Crippen LogP contribution in [0.5, 0.6) is 0 Å². The van der Waals surface area contributed by atoms with E-state index in [1.165, 1.54) is 0 Å². The molecule has 0 saturated carbocycles. The fourth-order valence-electron chi connectivity index (χ4n) is 1.75. The van der Waals surface area contributed by atoms with E-state index in [1.54, 1.807) is 6.92 Å². The van der Waals surface area contributed by atoms with Crippen molar-refractivity contribution in [3.63, 3.8) is 0 Å². The van der Waals surface area contributed by atoms with Crippen molar-refractivity contribution in [3.8, 4) is 0 Å². The summed E-state index contributed by atoms with van der Waals surface area (Å²) >= 11 is 0. The molecule has 1 amide bonds. The minimum absolute atomic E-state index is 0.133. The van der Waals surface area contributed by atoms with Crippen molar-refractivity contribution in [2.24, 2.45) is 5.73 Å². The van der Waals surface area contributed by atoms with Crippen molar-refractivity contribution < 1.29 is 15.0 Å². The van der Waals surface area contributed by atoms with Gasteiger partial charge in [-0.3, -0.25) is 4.79 Å². The Kier molecular flexibility index (Phi) is 8.41. The van der Waals surface area contributed by atoms with Gasteiger partial charge in [-0.1, -0.05) is 6.42 Å². The fraction of sp³-hybridized carbons (Fsp3) is 0.769. The summed E-state index contributed by atoms with van der Waals surface area (Å²) < 4.78 is 0. The predicted molar refractivity (Wildman–Crippen MR) is 78.4 cm³/mol. The summed E-state index contributed by atoms with van der Waals surface area (Å²) in [5.74, 6) is 1.05. The Labute approximate surface area is 129 Å². The maximum absolute atomic E-state index is 11.5. The molecule has 1 rings (SSSR count). The minimum atomic E-state index is -1.58. The van der Waals surface area contributed by atoms with E-state index >= 15 is 0 Å². The molecule has 0 radical (unpaired) electrons. The van der Waals surface area contributed by atoms with Crippen LogP contribution in [0.2, 0.25) is 0 Å². The second-order valence-corrected chi connectivity index (χ2v) is 5.14. The van der Waals surface area contributed by atoms with Gasteiger partial charge in [-0.2, -0.15) is 0 Å². The fourth-order valence-corrected chi connectivity index (χ4v) is 1.75. The normalized spacial score (nSPS) is 12.4. The van der Waals surface area contributed by atoms with E-state index in [-0.39, 0.29) is 18.7 Å². The Hall–Kier alpha value is -1.71. The quantitative estimate of drug-likeness (QED) is 0.312. The lowest BCUT2D eigenvalue weighted by Crippen LogP contribution is -2.36. The number of aliphatic hydroxyl groups is 2. The monoisotopic (exact) mass is 312 g/mol. The van der Waals surface area contributed by atoms with Gasteiger partial charge in [-0.15, -0.1) is 20.4 Å². The lowest BCUT2D eigenvalue weighted by Gasteiger charge is -2.12. The number of amides is 1. The smallest absolute Gasteiger partial charge is 0.220 e. The van der Waals surface area contributed by atoms with Crippen molar-refractivity contribution in [1.29, 1.82) is 0 Å². The number of hydrogen-bond donors (Lipinski definition) is 4. The summed E-state index contributed by atoms with van der Waals surface area (Å²) in [5.41, 5.74) is 5.42. The van der Waals surface area contributed by atoms with Gasteiger partial charge in [0.15, 0.2) is 17.9 Å². The summed E-state index contributed by atoms with van der Waals surface area (Å²) in [6.07, 6.45) is 2.27. The van der Waals surface area contributed by atoms with Crippen LogP contribution in [0.15, 0.2) is 0 Å². The number of nitrogens with zero attached hydrogens (tertiary/aromatic N) is 4. The first-order chi connectivity index (χ1) is 10.5. The van der Waals surface area contributed by atoms with E-state index < -0.39 is 12.3 Å². The molecule has 0 aromatic carbocycles. The molecule has 1 aromatic heterocycles. The lowest BCUT2D eigenvalue weighted by molar-refractivity contribution is -0.121. The van der Waals surface area contributed by atoms with Crippen molar-refractivity contribution in [3.05, 3.63) is 11.6 Å². The van der Waals surface area contributed by atoms with Crippen molar-refractivity contribution in [2.75, 3.05) is 6.54 Å². The zero-order valence-corrected chi connectivity index (χ0v) is 12.8. The molecule has 5 N–H and O–H groups in total. The third-order valence-electron chi connectivity index (χ3n) is 3.11. The first kappa shape index (κ1) is 18.3. The number of hydrogen-bond acceptors (Lipinski definition) is 8. The molecule has 0 aliphatic carbocycles. The van der Waals surface area contributed by atoms with Crippen LogP contribution in [0.4, 0.5) is 0 Å². The summed E-state index contributed by atoms with van der Waals surface area (Å²) in [4.78, 5) is 11.5. The van der Waals surface area contributed by atoms with Gasteiger partial charge in [0.25, 0.3) is 0 Å². The highest BCUT2D eigenvalue weighted by molar-refractivity contribution is 5.75. The van der Waals surface area contributed by atoms with E-state index in [0.717, 1.165) is 25.7 Å². The molecule has 0 aliphatic rings. The summed E-state index contributed by atoms with van der Waals surface area (Å²) in [7, 11) is 0. The van der Waals surface area contributed by atoms with Gasteiger partial charge in [-0.05, 0) is 26.2 Å². The van der Waals surface area contributed by atoms with E-state index in [0.29, 0.717) is 18.2 Å². The zero-order valence-electron chi connectivity index (χ0n) is 12.8. The Morgan fingerprint density at radius 2 is 1.86 bits per heavy atom. The summed E-state index contributed by atoms with van der Waals surface area (Å²) in [5, 5.41) is 35.9. The van der Waals surface area contributed by atoms with Gasteiger partial charge in [-0.25, -0.2) is 0 Å². The molecule has 22 heavy (non-hydrogen) atoms. The summed E-state index contributed by atoms with van der Waals surface area (Å²) in [6, 6.07) is -0.789. The lowest BCUT2D eigenvalue weighted by atomic mass is 10.1. The van der Waals surface area contributed by atoms with Crippen molar-refractivity contribution in [2.45, 2.75) is 57.8 Å². The molecular weight excluding hydrogens is 288 g/mol. The Balaban J connectivity index is 2.01. The van der Waals surface area contributed by atoms with E-state index in [4.69, 9.17) is 15.9 Å². The third-order valence-corrected chi connectivity index (χ3v) is 3.11. The van der Waals surface area contributed by atoms with Gasteiger partial charge in [0, 0.05) is 19.4 Å². The number of aliphatic hydroxyl groups excluding tert-OH is 1. The molecule has 0 saturated heterocycles. The second kappa shape index (κ2) is 10.1. The molecule has 0 spiro atoms. The Morgan fingerprint density at radius 1 is 1.18 bits per heavy atom. The molecule has 9 heteroatoms. The average molecular weight is 312 g/mol. The van der Waals surface area contributed by atoms with Crippen molar-refractivity contribution >= 4 is 5.91 Å². The largest absolute Gasteiger partial charge is 0.367 e. The number of nitrogens with two attached hydrogens (primary N) is 1. The number of aryl methyl sites for hydroxylation is 2. The number of nitrogens with one attached hydrogen (secondary N) is 1. The molecule has 1 heterocycles. The SMILES string of the molecule is Cc1nnc(CCCCCNC(=O)CCC(N)C(O)O)nn1. The molecule has 0 fully saturated rings. The molecule has 0 bridgehead atoms. The predicted octanol–water partition coefficient (Wildman–Crippen LogP) is -1.18. The van der Waals surface area contributed by atoms with Gasteiger partial charge >= 0.3 is 0 Å². The standard InChI is InChI=1S/C13H24N6O3/c1-9-16-18-11(19-17-9)5-3-2-4-8-15-12(20)7-6-10(14)13(21)22/h10,13,21-22H,2-8,14H2,1H3,(H,15,20). The molecule has 0 aliphatic heterocycles. The molecule has 124 valence electrons. The Morgan fingerprint density at radius 3 is 2.50 bits per heavy atom. The van der Waals surface area contributed by atoms with Crippen LogP contribution < -0.4 is 11.1 Å². The second-order valence-electron chi connectivity index (χ2n) is 5.14. The first-order valence-electron chi connectivity index (χ1n) is 7.40. The van der Waals surface area contributed by atoms with Gasteiger partial charge < -0.3 is 21.3 Å². The average Bonchev–Trinajstić information content (AvgIpc) is 2.49. The number of unbranched alkanes of at least 4 members (excludes halogenated alkanes) is 2. The maximum Gasteiger partial charge on any atom is 0.220 e. The number of rotatable bonds is 10. The number of carbonyl (C=O) groups is 1. The maximum atomic E-state index is 11.5. The molecular formula is C13H24N6O3. The van der Waals surface area contributed by atoms with Crippen LogP contribution in [0.1, 0.15) is 43.8 Å². The summed E-state index contributed by atoms with van der Waals surface area (Å²) in [6.45, 7) is 2.32. The highest BCUT2D eigenvalue weighted by Crippen LogP contribution is 2.01. The molecule has 1 atom stereocenters. The van der Waals surface area contributed by atoms with Crippen LogP contribution in [-0.2, 0) is 11.2 Å². The molecule has 1 unspecified atom stereocenters. The minimum Gasteiger partial charge on any atom is -0.367 e. The molecule has 9 nitrogen and oxygen atoms in total. The van der Waals surface area contributed by atoms with E-state index in [1.807, 2.05) is 0 Å². The van der Waals surface area contributed by atoms with Crippen LogP contribution in [-0.4, -0.2) is 55.4 Å². The Bertz CT molecular complexity index is 440. The highest BCUT2D eigenvalue weighted by atomic mass is 16.5. The van der Waals surface area contributed by atoms with Crippen LogP contribution in [0, 0.1) is 6.92 Å². The van der Waals surface area contributed by atoms with Gasteiger partial charge in [0.1, 0.15) is 0 Å². The van der Waals surface area contributed by atoms with Crippen molar-refractivity contribution in [1.82, 2.24) is 25.7 Å². The van der Waals surface area contributed by atoms with E-state index in [9.17, 15) is 4.79 Å². The third kappa shape index (κ3) is 7.91. The van der Waals surface area contributed by atoms with Gasteiger partial charge in [0.05, 0.1) is 6.04 Å². The highest BCUT2D eigenvalue weighted by Gasteiger charge is 2.12. The van der Waals surface area contributed by atoms with Crippen LogP contribution in [0.3, 0.4) is 0 Å². The molecule has 1 aromatic rings. The van der Waals surface area contributed by atoms with Crippen LogP contribution >= 0.6 is 0 Å². The first-order valence-corrected chi connectivity index (χ1v) is 7.40. The number of carbonyl (C=O) groups excluding carboxylic acids is 1. The number of aromatic nitrogens is 4. The topological polar surface area (TPSA) is 147 Å². The zero-order chi connectivity index (χ0) is 16.4.